The van der Waals surface area contributed by atoms with Gasteiger partial charge in [-0.15, -0.1) is 10.2 Å². The number of nitrogens with zero attached hydrogens (tertiary/aromatic N) is 3. The Morgan fingerprint density at radius 1 is 1.29 bits per heavy atom. The molecule has 1 atom stereocenters. The molecule has 1 aromatic carbocycles. The summed E-state index contributed by atoms with van der Waals surface area (Å²) in [6.45, 7) is 3.60. The smallest absolute Gasteiger partial charge is 0.277 e. The quantitative estimate of drug-likeness (QED) is 0.736. The van der Waals surface area contributed by atoms with Crippen LogP contribution in [0.3, 0.4) is 0 Å². The second-order valence-corrected chi connectivity index (χ2v) is 7.21. The van der Waals surface area contributed by atoms with E-state index in [4.69, 9.17) is 4.42 Å². The second-order valence-electron chi connectivity index (χ2n) is 5.91. The summed E-state index contributed by atoms with van der Waals surface area (Å²) in [5, 5.41) is 9.47. The van der Waals surface area contributed by atoms with Gasteiger partial charge >= 0.3 is 0 Å². The van der Waals surface area contributed by atoms with Gasteiger partial charge < -0.3 is 14.3 Å². The molecule has 1 amide bonds. The molecule has 24 heavy (non-hydrogen) atoms. The maximum Gasteiger partial charge on any atom is 0.277 e. The lowest BCUT2D eigenvalue weighted by Gasteiger charge is -2.18. The summed E-state index contributed by atoms with van der Waals surface area (Å²) in [5.41, 5.74) is 1.90. The molecule has 3 aromatic rings. The number of rotatable bonds is 4. The van der Waals surface area contributed by atoms with Crippen molar-refractivity contribution in [1.82, 2.24) is 20.1 Å². The van der Waals surface area contributed by atoms with Gasteiger partial charge in [0.05, 0.1) is 10.8 Å². The lowest BCUT2D eigenvalue weighted by molar-refractivity contribution is -0.129. The Bertz CT molecular complexity index is 866. The highest BCUT2D eigenvalue weighted by atomic mass is 32.2. The normalized spacial score (nSPS) is 16.0. The lowest BCUT2D eigenvalue weighted by Crippen LogP contribution is -2.34. The van der Waals surface area contributed by atoms with Crippen LogP contribution in [0.2, 0.25) is 0 Å². The third-order valence-corrected chi connectivity index (χ3v) is 5.19. The number of fused-ring (bicyclic) bond motifs is 1. The number of benzene rings is 1. The molecule has 0 spiro atoms. The van der Waals surface area contributed by atoms with E-state index in [1.165, 1.54) is 11.8 Å². The van der Waals surface area contributed by atoms with E-state index in [0.717, 1.165) is 42.4 Å². The number of nitrogens with one attached hydrogen (secondary N) is 1. The Morgan fingerprint density at radius 2 is 2.08 bits per heavy atom. The zero-order valence-corrected chi connectivity index (χ0v) is 14.2. The average Bonchev–Trinajstić information content (AvgIpc) is 3.34. The van der Waals surface area contributed by atoms with Crippen molar-refractivity contribution in [3.63, 3.8) is 0 Å². The van der Waals surface area contributed by atoms with Crippen LogP contribution >= 0.6 is 11.8 Å². The van der Waals surface area contributed by atoms with Crippen LogP contribution in [0.25, 0.3) is 22.4 Å². The number of H-pyrrole nitrogens is 1. The van der Waals surface area contributed by atoms with Gasteiger partial charge in [-0.25, -0.2) is 0 Å². The fourth-order valence-electron chi connectivity index (χ4n) is 3.01. The van der Waals surface area contributed by atoms with Gasteiger partial charge in [0.1, 0.15) is 0 Å². The summed E-state index contributed by atoms with van der Waals surface area (Å²) < 4.78 is 5.77. The number of hydrogen-bond donors (Lipinski definition) is 1. The van der Waals surface area contributed by atoms with Crippen LogP contribution in [0.15, 0.2) is 40.1 Å². The topological polar surface area (TPSA) is 75.0 Å². The number of para-hydroxylation sites is 1. The highest BCUT2D eigenvalue weighted by molar-refractivity contribution is 8.00. The second kappa shape index (κ2) is 6.32. The minimum Gasteiger partial charge on any atom is -0.411 e. The first-order valence-corrected chi connectivity index (χ1v) is 8.96. The summed E-state index contributed by atoms with van der Waals surface area (Å²) in [7, 11) is 0. The number of likely N-dealkylation sites (tertiary alicyclic amines) is 1. The number of hydrogen-bond acceptors (Lipinski definition) is 5. The van der Waals surface area contributed by atoms with Crippen LogP contribution in [-0.4, -0.2) is 44.3 Å². The van der Waals surface area contributed by atoms with Gasteiger partial charge in [0.2, 0.25) is 5.91 Å². The fourth-order valence-corrected chi connectivity index (χ4v) is 3.78. The Kier molecular flexibility index (Phi) is 4.02. The molecular weight excluding hydrogens is 324 g/mol. The average molecular weight is 342 g/mol. The third-order valence-electron chi connectivity index (χ3n) is 4.27. The lowest BCUT2D eigenvalue weighted by atomic mass is 10.2. The molecule has 1 aliphatic heterocycles. The van der Waals surface area contributed by atoms with Crippen molar-refractivity contribution in [3.8, 4) is 11.5 Å². The van der Waals surface area contributed by atoms with Crippen LogP contribution < -0.4 is 0 Å². The van der Waals surface area contributed by atoms with Gasteiger partial charge in [0, 0.05) is 30.2 Å². The number of carbonyl (C=O) groups excluding carboxylic acids is 1. The van der Waals surface area contributed by atoms with Crippen LogP contribution in [0, 0.1) is 0 Å². The van der Waals surface area contributed by atoms with Gasteiger partial charge in [-0.05, 0) is 25.8 Å². The molecule has 2 aromatic heterocycles. The van der Waals surface area contributed by atoms with E-state index in [-0.39, 0.29) is 11.2 Å². The van der Waals surface area contributed by atoms with Crippen molar-refractivity contribution in [2.45, 2.75) is 30.2 Å². The Morgan fingerprint density at radius 3 is 2.92 bits per heavy atom. The molecule has 1 saturated heterocycles. The molecular formula is C17H18N4O2S. The summed E-state index contributed by atoms with van der Waals surface area (Å²) in [6, 6.07) is 7.96. The number of thioether (sulfide) groups is 1. The van der Waals surface area contributed by atoms with Crippen LogP contribution in [0.4, 0.5) is 0 Å². The molecule has 0 radical (unpaired) electrons. The Balaban J connectivity index is 1.51. The molecule has 0 saturated carbocycles. The van der Waals surface area contributed by atoms with Gasteiger partial charge in [0.15, 0.2) is 0 Å². The maximum absolute atomic E-state index is 12.4. The SMILES string of the molecule is C[C@H](Sc1nnc(-c2c[nH]c3ccccc23)o1)C(=O)N1CCCC1. The highest BCUT2D eigenvalue weighted by Gasteiger charge is 2.26. The first-order chi connectivity index (χ1) is 11.7. The largest absolute Gasteiger partial charge is 0.411 e. The molecule has 124 valence electrons. The summed E-state index contributed by atoms with van der Waals surface area (Å²) in [6.07, 6.45) is 4.05. The van der Waals surface area contributed by atoms with Crippen molar-refractivity contribution in [1.29, 1.82) is 0 Å². The van der Waals surface area contributed by atoms with Crippen molar-refractivity contribution >= 4 is 28.6 Å². The van der Waals surface area contributed by atoms with Gasteiger partial charge in [-0.3, -0.25) is 4.79 Å². The van der Waals surface area contributed by atoms with E-state index in [1.54, 1.807) is 0 Å². The molecule has 0 unspecified atom stereocenters. The molecule has 0 aliphatic carbocycles. The Hall–Kier alpha value is -2.28. The maximum atomic E-state index is 12.4. The number of carbonyl (C=O) groups is 1. The van der Waals surface area contributed by atoms with Crippen LogP contribution in [0.5, 0.6) is 0 Å². The highest BCUT2D eigenvalue weighted by Crippen LogP contribution is 2.31. The number of aromatic nitrogens is 3. The number of aromatic amines is 1. The first kappa shape index (κ1) is 15.3. The third kappa shape index (κ3) is 2.80. The van der Waals surface area contributed by atoms with Crippen molar-refractivity contribution in [2.75, 3.05) is 13.1 Å². The molecule has 4 rings (SSSR count). The molecule has 3 heterocycles. The zero-order chi connectivity index (χ0) is 16.5. The van der Waals surface area contributed by atoms with Gasteiger partial charge in [0.25, 0.3) is 11.1 Å². The minimum absolute atomic E-state index is 0.143. The Labute approximate surface area is 143 Å². The summed E-state index contributed by atoms with van der Waals surface area (Å²) >= 11 is 1.32. The van der Waals surface area contributed by atoms with Crippen molar-refractivity contribution < 1.29 is 9.21 Å². The standard InChI is InChI=1S/C17H18N4O2S/c1-11(16(22)21-8-4-5-9-21)24-17-20-19-15(23-17)13-10-18-14-7-3-2-6-12(13)14/h2-3,6-7,10-11,18H,4-5,8-9H2,1H3/t11-/m0/s1. The van der Waals surface area contributed by atoms with E-state index in [2.05, 4.69) is 15.2 Å². The van der Waals surface area contributed by atoms with E-state index in [0.29, 0.717) is 11.1 Å². The van der Waals surface area contributed by atoms with E-state index in [9.17, 15) is 4.79 Å². The molecule has 0 bridgehead atoms. The molecule has 7 heteroatoms. The minimum atomic E-state index is -0.223. The number of amides is 1. The first-order valence-electron chi connectivity index (χ1n) is 8.08. The van der Waals surface area contributed by atoms with Crippen LogP contribution in [0.1, 0.15) is 19.8 Å². The molecule has 1 aliphatic rings. The predicted octanol–water partition coefficient (Wildman–Crippen LogP) is 3.32. The predicted molar refractivity (Wildman–Crippen MR) is 92.7 cm³/mol. The van der Waals surface area contributed by atoms with Crippen molar-refractivity contribution in [2.24, 2.45) is 0 Å². The van der Waals surface area contributed by atoms with E-state index >= 15 is 0 Å². The fraction of sp³-hybridized carbons (Fsp3) is 0.353. The molecule has 1 N–H and O–H groups in total. The van der Waals surface area contributed by atoms with Crippen LogP contribution in [-0.2, 0) is 4.79 Å². The van der Waals surface area contributed by atoms with Gasteiger partial charge in [-0.1, -0.05) is 30.0 Å². The van der Waals surface area contributed by atoms with Crippen molar-refractivity contribution in [3.05, 3.63) is 30.5 Å². The van der Waals surface area contributed by atoms with E-state index in [1.807, 2.05) is 42.3 Å². The summed E-state index contributed by atoms with van der Waals surface area (Å²) in [4.78, 5) is 17.5. The van der Waals surface area contributed by atoms with E-state index < -0.39 is 0 Å². The molecule has 6 nitrogen and oxygen atoms in total. The summed E-state index contributed by atoms with van der Waals surface area (Å²) in [5.74, 6) is 0.611. The monoisotopic (exact) mass is 342 g/mol. The molecule has 1 fully saturated rings. The van der Waals surface area contributed by atoms with Gasteiger partial charge in [-0.2, -0.15) is 0 Å². The zero-order valence-electron chi connectivity index (χ0n) is 13.4.